The average Bonchev–Trinajstić information content (AvgIpc) is 2.99. The fourth-order valence-corrected chi connectivity index (χ4v) is 2.21. The van der Waals surface area contributed by atoms with Crippen LogP contribution in [0.4, 0.5) is 5.82 Å². The molecule has 22 heavy (non-hydrogen) atoms. The number of aromatic nitrogens is 1. The van der Waals surface area contributed by atoms with Gasteiger partial charge in [-0.2, -0.15) is 0 Å². The molecule has 0 aliphatic rings. The molecule has 1 heterocycles. The van der Waals surface area contributed by atoms with Crippen LogP contribution in [0, 0.1) is 0 Å². The quantitative estimate of drug-likeness (QED) is 0.800. The summed E-state index contributed by atoms with van der Waals surface area (Å²) in [6.45, 7) is 3.77. The standard InChI is InChI=1S/C15H14BrN3O3/c1-2-7-19(10-14(20)17-13-6-8-22-18-13)15(21)11-4-3-5-12(16)9-11/h2-6,8-9H,1,7,10H2,(H,17,18,20). The van der Waals surface area contributed by atoms with Crippen molar-refractivity contribution >= 4 is 33.6 Å². The summed E-state index contributed by atoms with van der Waals surface area (Å²) in [5.41, 5.74) is 0.491. The van der Waals surface area contributed by atoms with Gasteiger partial charge >= 0.3 is 0 Å². The first-order valence-electron chi connectivity index (χ1n) is 6.46. The van der Waals surface area contributed by atoms with E-state index in [1.165, 1.54) is 17.2 Å². The van der Waals surface area contributed by atoms with Gasteiger partial charge in [0.2, 0.25) is 5.91 Å². The molecule has 6 nitrogen and oxygen atoms in total. The van der Waals surface area contributed by atoms with Gasteiger partial charge in [-0.3, -0.25) is 9.59 Å². The largest absolute Gasteiger partial charge is 0.363 e. The van der Waals surface area contributed by atoms with E-state index in [0.29, 0.717) is 11.4 Å². The lowest BCUT2D eigenvalue weighted by Gasteiger charge is -2.20. The Bertz CT molecular complexity index is 670. The predicted octanol–water partition coefficient (Wildman–Crippen LogP) is 2.70. The second-order valence-electron chi connectivity index (χ2n) is 4.42. The molecule has 0 aliphatic heterocycles. The SMILES string of the molecule is C=CCN(CC(=O)Nc1ccon1)C(=O)c1cccc(Br)c1. The lowest BCUT2D eigenvalue weighted by atomic mass is 10.2. The molecule has 0 aliphatic carbocycles. The van der Waals surface area contributed by atoms with E-state index in [1.807, 2.05) is 6.07 Å². The molecular formula is C15H14BrN3O3. The van der Waals surface area contributed by atoms with E-state index >= 15 is 0 Å². The summed E-state index contributed by atoms with van der Waals surface area (Å²) in [5, 5.41) is 6.13. The van der Waals surface area contributed by atoms with E-state index < -0.39 is 0 Å². The van der Waals surface area contributed by atoms with E-state index in [1.54, 1.807) is 24.3 Å². The number of halogens is 1. The van der Waals surface area contributed by atoms with Crippen molar-refractivity contribution in [2.45, 2.75) is 0 Å². The first kappa shape index (κ1) is 16.0. The summed E-state index contributed by atoms with van der Waals surface area (Å²) >= 11 is 3.32. The summed E-state index contributed by atoms with van der Waals surface area (Å²) in [6, 6.07) is 8.50. The third-order valence-corrected chi connectivity index (χ3v) is 3.24. The molecule has 0 saturated heterocycles. The minimum atomic E-state index is -0.362. The van der Waals surface area contributed by atoms with E-state index in [-0.39, 0.29) is 24.9 Å². The summed E-state index contributed by atoms with van der Waals surface area (Å²) in [6.07, 6.45) is 2.92. The van der Waals surface area contributed by atoms with Crippen LogP contribution in [0.5, 0.6) is 0 Å². The molecule has 2 aromatic rings. The van der Waals surface area contributed by atoms with Gasteiger partial charge in [0.15, 0.2) is 5.82 Å². The van der Waals surface area contributed by atoms with Gasteiger partial charge in [-0.05, 0) is 18.2 Å². The Morgan fingerprint density at radius 1 is 1.41 bits per heavy atom. The van der Waals surface area contributed by atoms with Crippen LogP contribution in [0.2, 0.25) is 0 Å². The van der Waals surface area contributed by atoms with Gasteiger partial charge in [0.25, 0.3) is 5.91 Å². The van der Waals surface area contributed by atoms with Crippen molar-refractivity contribution in [1.82, 2.24) is 10.1 Å². The molecule has 2 rings (SSSR count). The summed E-state index contributed by atoms with van der Waals surface area (Å²) in [7, 11) is 0. The van der Waals surface area contributed by atoms with E-state index in [2.05, 4.69) is 37.5 Å². The molecule has 1 N–H and O–H groups in total. The maximum Gasteiger partial charge on any atom is 0.254 e. The van der Waals surface area contributed by atoms with Crippen molar-refractivity contribution in [3.05, 3.63) is 59.3 Å². The van der Waals surface area contributed by atoms with Crippen LogP contribution in [0.3, 0.4) is 0 Å². The monoisotopic (exact) mass is 363 g/mol. The highest BCUT2D eigenvalue weighted by atomic mass is 79.9. The molecule has 2 amide bonds. The van der Waals surface area contributed by atoms with Crippen molar-refractivity contribution < 1.29 is 14.1 Å². The van der Waals surface area contributed by atoms with Crippen molar-refractivity contribution in [2.24, 2.45) is 0 Å². The summed E-state index contributed by atoms with van der Waals surface area (Å²) in [5.74, 6) is -0.311. The molecule has 0 fully saturated rings. The Hall–Kier alpha value is -2.41. The minimum Gasteiger partial charge on any atom is -0.363 e. The van der Waals surface area contributed by atoms with Crippen molar-refractivity contribution in [1.29, 1.82) is 0 Å². The van der Waals surface area contributed by atoms with E-state index in [0.717, 1.165) is 4.47 Å². The van der Waals surface area contributed by atoms with Gasteiger partial charge in [-0.1, -0.05) is 33.2 Å². The zero-order chi connectivity index (χ0) is 15.9. The van der Waals surface area contributed by atoms with Crippen LogP contribution >= 0.6 is 15.9 Å². The van der Waals surface area contributed by atoms with Gasteiger partial charge in [-0.25, -0.2) is 0 Å². The number of carbonyl (C=O) groups excluding carboxylic acids is 2. The third-order valence-electron chi connectivity index (χ3n) is 2.75. The van der Waals surface area contributed by atoms with Crippen LogP contribution in [-0.4, -0.2) is 35.0 Å². The van der Waals surface area contributed by atoms with Crippen LogP contribution in [-0.2, 0) is 4.79 Å². The highest BCUT2D eigenvalue weighted by Crippen LogP contribution is 2.14. The molecule has 1 aromatic carbocycles. The number of hydrogen-bond donors (Lipinski definition) is 1. The number of rotatable bonds is 6. The maximum absolute atomic E-state index is 12.5. The normalized spacial score (nSPS) is 10.0. The van der Waals surface area contributed by atoms with Crippen molar-refractivity contribution in [3.8, 4) is 0 Å². The summed E-state index contributed by atoms with van der Waals surface area (Å²) < 4.78 is 5.43. The van der Waals surface area contributed by atoms with Crippen LogP contribution < -0.4 is 5.32 Å². The lowest BCUT2D eigenvalue weighted by molar-refractivity contribution is -0.116. The van der Waals surface area contributed by atoms with Gasteiger partial charge < -0.3 is 14.7 Å². The fraction of sp³-hybridized carbons (Fsp3) is 0.133. The van der Waals surface area contributed by atoms with Gasteiger partial charge in [0, 0.05) is 22.6 Å². The third kappa shape index (κ3) is 4.29. The molecule has 0 unspecified atom stereocenters. The number of amides is 2. The Kier molecular flexibility index (Phi) is 5.48. The molecule has 0 spiro atoms. The van der Waals surface area contributed by atoms with E-state index in [9.17, 15) is 9.59 Å². The van der Waals surface area contributed by atoms with Gasteiger partial charge in [0.05, 0.1) is 0 Å². The summed E-state index contributed by atoms with van der Waals surface area (Å²) in [4.78, 5) is 25.8. The number of nitrogens with one attached hydrogen (secondary N) is 1. The molecule has 0 radical (unpaired) electrons. The van der Waals surface area contributed by atoms with Crippen molar-refractivity contribution in [3.63, 3.8) is 0 Å². The lowest BCUT2D eigenvalue weighted by Crippen LogP contribution is -2.38. The maximum atomic E-state index is 12.5. The second kappa shape index (κ2) is 7.56. The number of carbonyl (C=O) groups is 2. The second-order valence-corrected chi connectivity index (χ2v) is 5.33. The minimum absolute atomic E-state index is 0.107. The smallest absolute Gasteiger partial charge is 0.254 e. The zero-order valence-corrected chi connectivity index (χ0v) is 13.2. The fourth-order valence-electron chi connectivity index (χ4n) is 1.81. The Morgan fingerprint density at radius 3 is 2.86 bits per heavy atom. The molecule has 0 atom stereocenters. The first-order chi connectivity index (χ1) is 10.6. The Labute approximate surface area is 135 Å². The van der Waals surface area contributed by atoms with Crippen LogP contribution in [0.1, 0.15) is 10.4 Å². The molecule has 0 saturated carbocycles. The van der Waals surface area contributed by atoms with Crippen LogP contribution in [0.15, 0.2) is 58.2 Å². The van der Waals surface area contributed by atoms with E-state index in [4.69, 9.17) is 0 Å². The predicted molar refractivity (Wildman–Crippen MR) is 85.4 cm³/mol. The molecule has 0 bridgehead atoms. The molecular weight excluding hydrogens is 350 g/mol. The van der Waals surface area contributed by atoms with Crippen molar-refractivity contribution in [2.75, 3.05) is 18.4 Å². The Balaban J connectivity index is 2.07. The molecule has 7 heteroatoms. The molecule has 114 valence electrons. The Morgan fingerprint density at radius 2 is 2.23 bits per heavy atom. The molecule has 1 aromatic heterocycles. The topological polar surface area (TPSA) is 75.4 Å². The average molecular weight is 364 g/mol. The number of hydrogen-bond acceptors (Lipinski definition) is 4. The van der Waals surface area contributed by atoms with Gasteiger partial charge in [-0.15, -0.1) is 6.58 Å². The number of nitrogens with zero attached hydrogens (tertiary/aromatic N) is 2. The van der Waals surface area contributed by atoms with Crippen LogP contribution in [0.25, 0.3) is 0 Å². The number of anilines is 1. The van der Waals surface area contributed by atoms with Gasteiger partial charge in [0.1, 0.15) is 12.8 Å². The first-order valence-corrected chi connectivity index (χ1v) is 7.25. The highest BCUT2D eigenvalue weighted by molar-refractivity contribution is 9.10. The zero-order valence-electron chi connectivity index (χ0n) is 11.7. The number of benzene rings is 1. The highest BCUT2D eigenvalue weighted by Gasteiger charge is 2.18.